The van der Waals surface area contributed by atoms with E-state index in [0.29, 0.717) is 11.1 Å². The van der Waals surface area contributed by atoms with Gasteiger partial charge in [0.05, 0.1) is 5.52 Å². The first-order valence-corrected chi connectivity index (χ1v) is 11.7. The monoisotopic (exact) mass is 478 g/mol. The summed E-state index contributed by atoms with van der Waals surface area (Å²) in [6.07, 6.45) is 1.19. The number of nitrogens with zero attached hydrogens (tertiary/aromatic N) is 4. The lowest BCUT2D eigenvalue weighted by Gasteiger charge is -2.29. The van der Waals surface area contributed by atoms with Crippen molar-refractivity contribution in [1.82, 2.24) is 19.9 Å². The largest absolute Gasteiger partial charge is 0.433 e. The van der Waals surface area contributed by atoms with Gasteiger partial charge in [0.2, 0.25) is 5.82 Å². The standard InChI is InChI=1S/C26H28F2N6O/c1-16(2)34-17(3)14-20-21(34)8-9-22(23(20)27)35-26-24(28)25(30-15-31-26)32-18-4-6-19(7-5-18)33-12-10-29-11-13-33/h4-9,14-16,29H,10-13H2,1-3H3,(H,30,31,32). The Morgan fingerprint density at radius 3 is 2.46 bits per heavy atom. The molecule has 1 aliphatic rings. The maximum Gasteiger partial charge on any atom is 0.261 e. The lowest BCUT2D eigenvalue weighted by atomic mass is 10.2. The van der Waals surface area contributed by atoms with Crippen molar-refractivity contribution >= 4 is 28.1 Å². The van der Waals surface area contributed by atoms with E-state index in [9.17, 15) is 0 Å². The number of benzene rings is 2. The highest BCUT2D eigenvalue weighted by Gasteiger charge is 2.19. The van der Waals surface area contributed by atoms with Crippen LogP contribution < -0.4 is 20.3 Å². The van der Waals surface area contributed by atoms with Gasteiger partial charge in [0.1, 0.15) is 6.33 Å². The number of nitrogens with one attached hydrogen (secondary N) is 2. The van der Waals surface area contributed by atoms with E-state index < -0.39 is 11.6 Å². The second-order valence-corrected chi connectivity index (χ2v) is 8.91. The first-order chi connectivity index (χ1) is 16.9. The lowest BCUT2D eigenvalue weighted by molar-refractivity contribution is 0.399. The molecule has 0 atom stereocenters. The van der Waals surface area contributed by atoms with Crippen LogP contribution in [0.3, 0.4) is 0 Å². The van der Waals surface area contributed by atoms with Gasteiger partial charge in [0.25, 0.3) is 5.88 Å². The Hall–Kier alpha value is -3.72. The number of aryl methyl sites for hydroxylation is 1. The molecule has 7 nitrogen and oxygen atoms in total. The van der Waals surface area contributed by atoms with Gasteiger partial charge in [-0.15, -0.1) is 0 Å². The minimum atomic E-state index is -0.797. The van der Waals surface area contributed by atoms with E-state index in [-0.39, 0.29) is 23.5 Å². The summed E-state index contributed by atoms with van der Waals surface area (Å²) in [5, 5.41) is 6.72. The van der Waals surface area contributed by atoms with Gasteiger partial charge in [-0.05, 0) is 63.2 Å². The van der Waals surface area contributed by atoms with Crippen molar-refractivity contribution in [2.45, 2.75) is 26.8 Å². The zero-order chi connectivity index (χ0) is 24.5. The highest BCUT2D eigenvalue weighted by molar-refractivity contribution is 5.84. The molecule has 9 heteroatoms. The predicted molar refractivity (Wildman–Crippen MR) is 134 cm³/mol. The average molecular weight is 479 g/mol. The molecule has 1 saturated heterocycles. The molecule has 3 heterocycles. The summed E-state index contributed by atoms with van der Waals surface area (Å²) in [7, 11) is 0. The molecular weight excluding hydrogens is 450 g/mol. The molecular formula is C26H28F2N6O. The van der Waals surface area contributed by atoms with E-state index in [0.717, 1.165) is 43.1 Å². The fraction of sp³-hybridized carbons (Fsp3) is 0.308. The number of hydrogen-bond donors (Lipinski definition) is 2. The van der Waals surface area contributed by atoms with Gasteiger partial charge in [0.15, 0.2) is 17.4 Å². The van der Waals surface area contributed by atoms with Crippen molar-refractivity contribution in [2.75, 3.05) is 36.4 Å². The Morgan fingerprint density at radius 2 is 1.74 bits per heavy atom. The maximum atomic E-state index is 15.3. The van der Waals surface area contributed by atoms with Crippen LogP contribution in [0.25, 0.3) is 10.9 Å². The molecule has 4 aromatic rings. The van der Waals surface area contributed by atoms with Gasteiger partial charge in [0, 0.05) is 54.7 Å². The zero-order valence-corrected chi connectivity index (χ0v) is 20.0. The summed E-state index contributed by atoms with van der Waals surface area (Å²) >= 11 is 0. The fourth-order valence-corrected chi connectivity index (χ4v) is 4.57. The fourth-order valence-electron chi connectivity index (χ4n) is 4.57. The Balaban J connectivity index is 1.37. The van der Waals surface area contributed by atoms with Crippen LogP contribution in [-0.4, -0.2) is 40.7 Å². The lowest BCUT2D eigenvalue weighted by Crippen LogP contribution is -2.43. The van der Waals surface area contributed by atoms with Crippen LogP contribution in [0.15, 0.2) is 48.8 Å². The van der Waals surface area contributed by atoms with Gasteiger partial charge >= 0.3 is 0 Å². The number of fused-ring (bicyclic) bond motifs is 1. The Morgan fingerprint density at radius 1 is 1.00 bits per heavy atom. The Kier molecular flexibility index (Phi) is 6.25. The molecule has 1 aliphatic heterocycles. The second kappa shape index (κ2) is 9.50. The topological polar surface area (TPSA) is 67.2 Å². The molecule has 1 fully saturated rings. The van der Waals surface area contributed by atoms with E-state index in [1.54, 1.807) is 12.1 Å². The highest BCUT2D eigenvalue weighted by atomic mass is 19.1. The number of rotatable bonds is 6. The third kappa shape index (κ3) is 4.51. The summed E-state index contributed by atoms with van der Waals surface area (Å²) in [6.45, 7) is 9.79. The summed E-state index contributed by atoms with van der Waals surface area (Å²) in [6, 6.07) is 12.9. The van der Waals surface area contributed by atoms with Gasteiger partial charge < -0.3 is 24.8 Å². The molecule has 0 unspecified atom stereocenters. The van der Waals surface area contributed by atoms with Crippen LogP contribution in [-0.2, 0) is 0 Å². The van der Waals surface area contributed by atoms with Gasteiger partial charge in [-0.1, -0.05) is 0 Å². The maximum absolute atomic E-state index is 15.3. The SMILES string of the molecule is Cc1cc2c(F)c(Oc3ncnc(Nc4ccc(N5CCNCC5)cc4)c3F)ccc2n1C(C)C. The van der Waals surface area contributed by atoms with Crippen molar-refractivity contribution < 1.29 is 13.5 Å². The molecule has 2 aromatic heterocycles. The molecule has 2 N–H and O–H groups in total. The van der Waals surface area contributed by atoms with Crippen molar-refractivity contribution in [3.05, 3.63) is 66.1 Å². The van der Waals surface area contributed by atoms with E-state index in [1.165, 1.54) is 12.4 Å². The second-order valence-electron chi connectivity index (χ2n) is 8.91. The first-order valence-electron chi connectivity index (χ1n) is 11.7. The van der Waals surface area contributed by atoms with E-state index in [4.69, 9.17) is 4.74 Å². The average Bonchev–Trinajstić information content (AvgIpc) is 3.21. The van der Waals surface area contributed by atoms with E-state index in [2.05, 4.69) is 25.5 Å². The number of aromatic nitrogens is 3. The van der Waals surface area contributed by atoms with Crippen molar-refractivity contribution in [3.8, 4) is 11.6 Å². The third-order valence-electron chi connectivity index (χ3n) is 6.21. The number of hydrogen-bond acceptors (Lipinski definition) is 6. The Labute approximate surface area is 202 Å². The predicted octanol–water partition coefficient (Wildman–Crippen LogP) is 5.54. The summed E-state index contributed by atoms with van der Waals surface area (Å²) in [5.41, 5.74) is 3.48. The number of piperazine rings is 1. The molecule has 35 heavy (non-hydrogen) atoms. The van der Waals surface area contributed by atoms with Gasteiger partial charge in [-0.2, -0.15) is 9.37 Å². The van der Waals surface area contributed by atoms with Gasteiger partial charge in [-0.25, -0.2) is 9.37 Å². The molecule has 5 rings (SSSR count). The van der Waals surface area contributed by atoms with Crippen LogP contribution >= 0.6 is 0 Å². The summed E-state index contributed by atoms with van der Waals surface area (Å²) < 4.78 is 38.0. The third-order valence-corrected chi connectivity index (χ3v) is 6.21. The van der Waals surface area contributed by atoms with Crippen molar-refractivity contribution in [3.63, 3.8) is 0 Å². The number of halogens is 2. The normalized spacial score (nSPS) is 14.1. The molecule has 0 aliphatic carbocycles. The quantitative estimate of drug-likeness (QED) is 0.379. The summed E-state index contributed by atoms with van der Waals surface area (Å²) in [5.74, 6) is -1.84. The zero-order valence-electron chi connectivity index (χ0n) is 20.0. The van der Waals surface area contributed by atoms with Crippen LogP contribution in [0.4, 0.5) is 26.0 Å². The molecule has 0 spiro atoms. The van der Waals surface area contributed by atoms with E-state index in [1.807, 2.05) is 49.6 Å². The van der Waals surface area contributed by atoms with Gasteiger partial charge in [-0.3, -0.25) is 0 Å². The smallest absolute Gasteiger partial charge is 0.261 e. The summed E-state index contributed by atoms with van der Waals surface area (Å²) in [4.78, 5) is 10.2. The minimum Gasteiger partial charge on any atom is -0.433 e. The van der Waals surface area contributed by atoms with Crippen LogP contribution in [0.5, 0.6) is 11.6 Å². The number of anilines is 3. The molecule has 0 bridgehead atoms. The molecule has 0 saturated carbocycles. The highest BCUT2D eigenvalue weighted by Crippen LogP contribution is 2.34. The molecule has 182 valence electrons. The van der Waals surface area contributed by atoms with Crippen LogP contribution in [0.1, 0.15) is 25.6 Å². The molecule has 0 radical (unpaired) electrons. The first kappa shape index (κ1) is 23.0. The Bertz CT molecular complexity index is 1350. The van der Waals surface area contributed by atoms with Crippen molar-refractivity contribution in [2.24, 2.45) is 0 Å². The van der Waals surface area contributed by atoms with Crippen molar-refractivity contribution in [1.29, 1.82) is 0 Å². The minimum absolute atomic E-state index is 0.0480. The molecule has 0 amide bonds. The number of ether oxygens (including phenoxy) is 1. The van der Waals surface area contributed by atoms with Crippen LogP contribution in [0.2, 0.25) is 0 Å². The van der Waals surface area contributed by atoms with E-state index >= 15 is 8.78 Å². The molecule has 2 aromatic carbocycles. The van der Waals surface area contributed by atoms with Crippen LogP contribution in [0, 0.1) is 18.6 Å².